The van der Waals surface area contributed by atoms with Crippen molar-refractivity contribution < 1.29 is 4.79 Å². The van der Waals surface area contributed by atoms with Crippen LogP contribution in [0.4, 0.5) is 5.69 Å². The fourth-order valence-electron chi connectivity index (χ4n) is 2.05. The van der Waals surface area contributed by atoms with Gasteiger partial charge in [0.2, 0.25) is 5.91 Å². The molecule has 0 fully saturated rings. The van der Waals surface area contributed by atoms with E-state index in [1.165, 1.54) is 22.3 Å². The Morgan fingerprint density at radius 3 is 2.33 bits per heavy atom. The van der Waals surface area contributed by atoms with Crippen molar-refractivity contribution in [1.82, 2.24) is 5.32 Å². The molecule has 0 saturated heterocycles. The first-order valence-electron chi connectivity index (χ1n) is 7.18. The van der Waals surface area contributed by atoms with Gasteiger partial charge in [-0.2, -0.15) is 0 Å². The van der Waals surface area contributed by atoms with Crippen molar-refractivity contribution in [3.8, 4) is 0 Å². The predicted octanol–water partition coefficient (Wildman–Crippen LogP) is 3.34. The maximum absolute atomic E-state index is 11.9. The normalized spacial score (nSPS) is 10.4. The first-order chi connectivity index (χ1) is 10.0. The van der Waals surface area contributed by atoms with E-state index >= 15 is 0 Å². The van der Waals surface area contributed by atoms with Crippen molar-refractivity contribution in [1.29, 1.82) is 0 Å². The minimum Gasteiger partial charge on any atom is -0.325 e. The molecule has 0 saturated carbocycles. The van der Waals surface area contributed by atoms with E-state index in [2.05, 4.69) is 48.7 Å². The number of hydrogen-bond donors (Lipinski definition) is 2. The number of nitrogens with one attached hydrogen (secondary N) is 2. The van der Waals surface area contributed by atoms with E-state index in [0.717, 1.165) is 5.69 Å². The molecule has 2 rings (SSSR count). The molecule has 0 unspecified atom stereocenters. The van der Waals surface area contributed by atoms with Crippen LogP contribution in [-0.2, 0) is 11.3 Å². The predicted molar refractivity (Wildman–Crippen MR) is 87.4 cm³/mol. The maximum Gasteiger partial charge on any atom is 0.238 e. The molecule has 0 atom stereocenters. The molecular formula is C18H22N2O. The van der Waals surface area contributed by atoms with Gasteiger partial charge in [-0.15, -0.1) is 0 Å². The molecule has 3 heteroatoms. The van der Waals surface area contributed by atoms with Crippen LogP contribution in [0.3, 0.4) is 0 Å². The van der Waals surface area contributed by atoms with Crippen molar-refractivity contribution in [3.63, 3.8) is 0 Å². The van der Waals surface area contributed by atoms with Crippen LogP contribution in [0, 0.1) is 20.8 Å². The van der Waals surface area contributed by atoms with Crippen molar-refractivity contribution in [2.45, 2.75) is 27.3 Å². The number of carbonyl (C=O) groups excluding carboxylic acids is 1. The van der Waals surface area contributed by atoms with Crippen LogP contribution in [0.2, 0.25) is 0 Å². The van der Waals surface area contributed by atoms with Gasteiger partial charge in [-0.3, -0.25) is 4.79 Å². The summed E-state index contributed by atoms with van der Waals surface area (Å²) in [6, 6.07) is 14.2. The number of amides is 1. The van der Waals surface area contributed by atoms with Crippen LogP contribution in [-0.4, -0.2) is 12.5 Å². The third kappa shape index (κ3) is 4.72. The first-order valence-corrected chi connectivity index (χ1v) is 7.18. The summed E-state index contributed by atoms with van der Waals surface area (Å²) >= 11 is 0. The zero-order valence-corrected chi connectivity index (χ0v) is 12.9. The molecule has 1 amide bonds. The van der Waals surface area contributed by atoms with E-state index in [1.807, 2.05) is 25.1 Å². The molecule has 0 aliphatic rings. The van der Waals surface area contributed by atoms with Crippen LogP contribution in [0.5, 0.6) is 0 Å². The molecule has 0 spiro atoms. The third-order valence-electron chi connectivity index (χ3n) is 3.53. The number of anilines is 1. The maximum atomic E-state index is 11.9. The molecule has 2 aromatic rings. The minimum atomic E-state index is -0.0228. The summed E-state index contributed by atoms with van der Waals surface area (Å²) in [5.41, 5.74) is 5.68. The van der Waals surface area contributed by atoms with Crippen LogP contribution in [0.25, 0.3) is 0 Å². The molecule has 0 radical (unpaired) electrons. The number of benzene rings is 2. The van der Waals surface area contributed by atoms with E-state index in [0.29, 0.717) is 13.1 Å². The Morgan fingerprint density at radius 1 is 0.952 bits per heavy atom. The molecule has 0 aliphatic carbocycles. The Kier molecular flexibility index (Phi) is 5.12. The smallest absolute Gasteiger partial charge is 0.238 e. The van der Waals surface area contributed by atoms with Crippen molar-refractivity contribution in [3.05, 3.63) is 64.7 Å². The van der Waals surface area contributed by atoms with Gasteiger partial charge in [0.05, 0.1) is 6.54 Å². The number of aryl methyl sites for hydroxylation is 3. The van der Waals surface area contributed by atoms with Gasteiger partial charge in [0.25, 0.3) is 0 Å². The summed E-state index contributed by atoms with van der Waals surface area (Å²) in [7, 11) is 0. The summed E-state index contributed by atoms with van der Waals surface area (Å²) in [6.45, 7) is 7.17. The summed E-state index contributed by atoms with van der Waals surface area (Å²) < 4.78 is 0. The fraction of sp³-hybridized carbons (Fsp3) is 0.278. The zero-order valence-electron chi connectivity index (χ0n) is 12.9. The second-order valence-electron chi connectivity index (χ2n) is 5.44. The van der Waals surface area contributed by atoms with Gasteiger partial charge in [0.15, 0.2) is 0 Å². The van der Waals surface area contributed by atoms with E-state index < -0.39 is 0 Å². The van der Waals surface area contributed by atoms with Crippen molar-refractivity contribution >= 4 is 11.6 Å². The van der Waals surface area contributed by atoms with Gasteiger partial charge >= 0.3 is 0 Å². The van der Waals surface area contributed by atoms with Gasteiger partial charge < -0.3 is 10.6 Å². The van der Waals surface area contributed by atoms with Crippen LogP contribution in [0.15, 0.2) is 42.5 Å². The summed E-state index contributed by atoms with van der Waals surface area (Å²) in [6.07, 6.45) is 0. The molecule has 110 valence electrons. The lowest BCUT2D eigenvalue weighted by atomic mass is 10.1. The minimum absolute atomic E-state index is 0.0228. The van der Waals surface area contributed by atoms with Crippen LogP contribution >= 0.6 is 0 Å². The van der Waals surface area contributed by atoms with Gasteiger partial charge in [0, 0.05) is 12.2 Å². The van der Waals surface area contributed by atoms with Gasteiger partial charge in [-0.1, -0.05) is 35.9 Å². The third-order valence-corrected chi connectivity index (χ3v) is 3.53. The Hall–Kier alpha value is -2.13. The van der Waals surface area contributed by atoms with Crippen molar-refractivity contribution in [2.24, 2.45) is 0 Å². The largest absolute Gasteiger partial charge is 0.325 e. The molecule has 3 nitrogen and oxygen atoms in total. The Balaban J connectivity index is 1.79. The Labute approximate surface area is 126 Å². The number of hydrogen-bond acceptors (Lipinski definition) is 2. The van der Waals surface area contributed by atoms with E-state index in [-0.39, 0.29) is 5.91 Å². The number of carbonyl (C=O) groups is 1. The van der Waals surface area contributed by atoms with Crippen LogP contribution < -0.4 is 10.6 Å². The average molecular weight is 282 g/mol. The van der Waals surface area contributed by atoms with Crippen molar-refractivity contribution in [2.75, 3.05) is 11.9 Å². The van der Waals surface area contributed by atoms with Crippen LogP contribution in [0.1, 0.15) is 22.3 Å². The molecule has 0 bridgehead atoms. The second kappa shape index (κ2) is 7.04. The fourth-order valence-corrected chi connectivity index (χ4v) is 2.05. The molecule has 2 aromatic carbocycles. The quantitative estimate of drug-likeness (QED) is 0.883. The highest BCUT2D eigenvalue weighted by molar-refractivity contribution is 5.92. The standard InChI is InChI=1S/C18H22N2O/c1-13-4-7-16(8-5-13)11-19-12-18(21)20-17-9-6-14(2)15(3)10-17/h4-10,19H,11-12H2,1-3H3,(H,20,21). The highest BCUT2D eigenvalue weighted by Crippen LogP contribution is 2.13. The van der Waals surface area contributed by atoms with E-state index in [9.17, 15) is 4.79 Å². The molecule has 21 heavy (non-hydrogen) atoms. The topological polar surface area (TPSA) is 41.1 Å². The molecular weight excluding hydrogens is 260 g/mol. The monoisotopic (exact) mass is 282 g/mol. The van der Waals surface area contributed by atoms with Gasteiger partial charge in [-0.25, -0.2) is 0 Å². The summed E-state index contributed by atoms with van der Waals surface area (Å²) in [5, 5.41) is 6.06. The lowest BCUT2D eigenvalue weighted by Gasteiger charge is -2.09. The second-order valence-corrected chi connectivity index (χ2v) is 5.44. The highest BCUT2D eigenvalue weighted by atomic mass is 16.1. The molecule has 0 aromatic heterocycles. The zero-order chi connectivity index (χ0) is 15.2. The van der Waals surface area contributed by atoms with E-state index in [1.54, 1.807) is 0 Å². The molecule has 0 aliphatic heterocycles. The van der Waals surface area contributed by atoms with E-state index in [4.69, 9.17) is 0 Å². The van der Waals surface area contributed by atoms with Gasteiger partial charge in [0.1, 0.15) is 0 Å². The SMILES string of the molecule is Cc1ccc(CNCC(=O)Nc2ccc(C)c(C)c2)cc1. The summed E-state index contributed by atoms with van der Waals surface area (Å²) in [4.78, 5) is 11.9. The van der Waals surface area contributed by atoms with Gasteiger partial charge in [-0.05, 0) is 49.6 Å². The molecule has 2 N–H and O–H groups in total. The Morgan fingerprint density at radius 2 is 1.67 bits per heavy atom. The number of rotatable bonds is 5. The average Bonchev–Trinajstić information content (AvgIpc) is 2.45. The first kappa shape index (κ1) is 15.3. The summed E-state index contributed by atoms with van der Waals surface area (Å²) in [5.74, 6) is -0.0228. The highest BCUT2D eigenvalue weighted by Gasteiger charge is 2.03. The molecule has 0 heterocycles. The lowest BCUT2D eigenvalue weighted by Crippen LogP contribution is -2.27. The lowest BCUT2D eigenvalue weighted by molar-refractivity contribution is -0.115. The Bertz CT molecular complexity index is 618.